The van der Waals surface area contributed by atoms with Gasteiger partial charge in [0.15, 0.2) is 5.65 Å². The first-order chi connectivity index (χ1) is 15.8. The second-order valence-corrected chi connectivity index (χ2v) is 11.7. The normalized spacial score (nSPS) is 21.5. The molecular weight excluding hydrogens is 410 g/mol. The van der Waals surface area contributed by atoms with Crippen molar-refractivity contribution in [1.29, 1.82) is 0 Å². The molecule has 0 aromatic carbocycles. The van der Waals surface area contributed by atoms with E-state index in [0.29, 0.717) is 5.92 Å². The molecule has 0 bridgehead atoms. The zero-order valence-corrected chi connectivity index (χ0v) is 21.1. The number of nitrogens with zero attached hydrogens (tertiary/aromatic N) is 5. The minimum absolute atomic E-state index is 0.167. The lowest BCUT2D eigenvalue weighted by Crippen LogP contribution is -2.37. The zero-order chi connectivity index (χ0) is 23.2. The summed E-state index contributed by atoms with van der Waals surface area (Å²) in [5.74, 6) is 1.52. The van der Waals surface area contributed by atoms with Crippen LogP contribution in [-0.2, 0) is 5.54 Å². The first kappa shape index (κ1) is 22.8. The highest BCUT2D eigenvalue weighted by molar-refractivity contribution is 6.06. The van der Waals surface area contributed by atoms with E-state index < -0.39 is 0 Å². The predicted octanol–water partition coefficient (Wildman–Crippen LogP) is 5.10. The number of hydrogen-bond acceptors (Lipinski definition) is 4. The highest BCUT2D eigenvalue weighted by Gasteiger charge is 2.32. The molecule has 2 aliphatic carbocycles. The summed E-state index contributed by atoms with van der Waals surface area (Å²) in [6, 6.07) is 2.09. The van der Waals surface area contributed by atoms with Gasteiger partial charge in [0.25, 0.3) is 5.91 Å². The fourth-order valence-corrected chi connectivity index (χ4v) is 5.79. The third-order valence-electron chi connectivity index (χ3n) is 7.81. The fourth-order valence-electron chi connectivity index (χ4n) is 5.79. The molecule has 1 saturated heterocycles. The van der Waals surface area contributed by atoms with Gasteiger partial charge >= 0.3 is 0 Å². The molecule has 0 atom stereocenters. The fraction of sp³-hybridized carbons (Fsp3) is 0.741. The average molecular weight is 452 g/mol. The standard InChI is InChI=1S/C27H41N5O/c1-19-24-22(17-23(21-11-12-21)28-25(24)32(29-19)27(2,3)4)26(33)31-14-8-13-30(15-16-31)18-20-9-6-5-7-10-20/h17,20-21H,5-16,18H2,1-4H3. The van der Waals surface area contributed by atoms with Gasteiger partial charge in [0.05, 0.1) is 22.2 Å². The Labute approximate surface area is 198 Å². The van der Waals surface area contributed by atoms with Crippen molar-refractivity contribution in [2.24, 2.45) is 5.92 Å². The molecule has 3 aliphatic rings. The molecule has 180 valence electrons. The third kappa shape index (κ3) is 4.82. The van der Waals surface area contributed by atoms with E-state index in [0.717, 1.165) is 66.5 Å². The predicted molar refractivity (Wildman–Crippen MR) is 133 cm³/mol. The number of carbonyl (C=O) groups excluding carboxylic acids is 1. The van der Waals surface area contributed by atoms with E-state index in [1.807, 2.05) is 11.6 Å². The molecule has 3 heterocycles. The smallest absolute Gasteiger partial charge is 0.254 e. The van der Waals surface area contributed by atoms with Crippen molar-refractivity contribution < 1.29 is 4.79 Å². The molecule has 0 spiro atoms. The van der Waals surface area contributed by atoms with Gasteiger partial charge in [-0.1, -0.05) is 19.3 Å². The van der Waals surface area contributed by atoms with Crippen LogP contribution < -0.4 is 0 Å². The summed E-state index contributed by atoms with van der Waals surface area (Å²) in [7, 11) is 0. The highest BCUT2D eigenvalue weighted by Crippen LogP contribution is 2.41. The molecule has 2 aromatic heterocycles. The largest absolute Gasteiger partial charge is 0.337 e. The Hall–Kier alpha value is -1.95. The third-order valence-corrected chi connectivity index (χ3v) is 7.81. The summed E-state index contributed by atoms with van der Waals surface area (Å²) in [6.45, 7) is 13.5. The summed E-state index contributed by atoms with van der Waals surface area (Å²) in [6.07, 6.45) is 10.4. The first-order valence-electron chi connectivity index (χ1n) is 13.2. The Morgan fingerprint density at radius 3 is 2.45 bits per heavy atom. The number of hydrogen-bond donors (Lipinski definition) is 0. The van der Waals surface area contributed by atoms with E-state index in [4.69, 9.17) is 10.1 Å². The first-order valence-corrected chi connectivity index (χ1v) is 13.2. The molecule has 6 heteroatoms. The zero-order valence-electron chi connectivity index (χ0n) is 21.1. The molecule has 0 N–H and O–H groups in total. The maximum absolute atomic E-state index is 13.9. The van der Waals surface area contributed by atoms with E-state index in [1.54, 1.807) is 0 Å². The van der Waals surface area contributed by atoms with Gasteiger partial charge < -0.3 is 9.80 Å². The topological polar surface area (TPSA) is 54.3 Å². The molecule has 6 nitrogen and oxygen atoms in total. The Bertz CT molecular complexity index is 1010. The van der Waals surface area contributed by atoms with E-state index in [9.17, 15) is 4.79 Å². The molecule has 2 aromatic rings. The van der Waals surface area contributed by atoms with Crippen molar-refractivity contribution in [3.8, 4) is 0 Å². The van der Waals surface area contributed by atoms with Crippen molar-refractivity contribution in [1.82, 2.24) is 24.6 Å². The summed E-state index contributed by atoms with van der Waals surface area (Å²) in [5, 5.41) is 5.79. The van der Waals surface area contributed by atoms with Crippen LogP contribution >= 0.6 is 0 Å². The lowest BCUT2D eigenvalue weighted by molar-refractivity contribution is 0.0761. The van der Waals surface area contributed by atoms with Gasteiger partial charge in [0.2, 0.25) is 0 Å². The summed E-state index contributed by atoms with van der Waals surface area (Å²) < 4.78 is 2.02. The average Bonchev–Trinajstić information content (AvgIpc) is 3.60. The van der Waals surface area contributed by atoms with Crippen LogP contribution in [0.2, 0.25) is 0 Å². The van der Waals surface area contributed by atoms with E-state index in [1.165, 1.54) is 51.5 Å². The van der Waals surface area contributed by atoms with Crippen molar-refractivity contribution in [3.63, 3.8) is 0 Å². The van der Waals surface area contributed by atoms with Gasteiger partial charge in [-0.05, 0) is 78.3 Å². The molecular formula is C27H41N5O. The van der Waals surface area contributed by atoms with Gasteiger partial charge in [-0.3, -0.25) is 4.79 Å². The number of fused-ring (bicyclic) bond motifs is 1. The molecule has 5 rings (SSSR count). The summed E-state index contributed by atoms with van der Waals surface area (Å²) >= 11 is 0. The SMILES string of the molecule is Cc1nn(C(C)(C)C)c2nc(C3CC3)cc(C(=O)N3CCCN(CC4CCCCC4)CC3)c12. The Morgan fingerprint density at radius 1 is 1.00 bits per heavy atom. The highest BCUT2D eigenvalue weighted by atomic mass is 16.2. The molecule has 33 heavy (non-hydrogen) atoms. The number of rotatable bonds is 4. The van der Waals surface area contributed by atoms with Crippen LogP contribution in [0.4, 0.5) is 0 Å². The van der Waals surface area contributed by atoms with Crippen LogP contribution in [0.15, 0.2) is 6.07 Å². The number of aromatic nitrogens is 3. The number of amides is 1. The van der Waals surface area contributed by atoms with Crippen molar-refractivity contribution in [2.75, 3.05) is 32.7 Å². The maximum atomic E-state index is 13.9. The summed E-state index contributed by atoms with van der Waals surface area (Å²) in [4.78, 5) is 23.7. The monoisotopic (exact) mass is 451 g/mol. The van der Waals surface area contributed by atoms with Gasteiger partial charge in [0, 0.05) is 37.8 Å². The lowest BCUT2D eigenvalue weighted by atomic mass is 9.89. The van der Waals surface area contributed by atoms with Crippen LogP contribution in [0.25, 0.3) is 11.0 Å². The lowest BCUT2D eigenvalue weighted by Gasteiger charge is -2.29. The Kier molecular flexibility index (Phi) is 6.23. The van der Waals surface area contributed by atoms with Crippen molar-refractivity contribution in [2.45, 2.75) is 90.5 Å². The maximum Gasteiger partial charge on any atom is 0.254 e. The number of aryl methyl sites for hydroxylation is 1. The van der Waals surface area contributed by atoms with Gasteiger partial charge in [-0.2, -0.15) is 5.10 Å². The second-order valence-electron chi connectivity index (χ2n) is 11.7. The Balaban J connectivity index is 1.40. The van der Waals surface area contributed by atoms with E-state index in [2.05, 4.69) is 36.6 Å². The van der Waals surface area contributed by atoms with Crippen LogP contribution in [0.3, 0.4) is 0 Å². The van der Waals surface area contributed by atoms with Crippen LogP contribution in [0, 0.1) is 12.8 Å². The molecule has 1 aliphatic heterocycles. The molecule has 2 saturated carbocycles. The van der Waals surface area contributed by atoms with Crippen molar-refractivity contribution >= 4 is 16.9 Å². The van der Waals surface area contributed by atoms with Crippen LogP contribution in [0.5, 0.6) is 0 Å². The minimum Gasteiger partial charge on any atom is -0.337 e. The second kappa shape index (κ2) is 9.01. The van der Waals surface area contributed by atoms with Crippen LogP contribution in [-0.4, -0.2) is 63.2 Å². The van der Waals surface area contributed by atoms with E-state index >= 15 is 0 Å². The van der Waals surface area contributed by atoms with Gasteiger partial charge in [-0.25, -0.2) is 9.67 Å². The van der Waals surface area contributed by atoms with Gasteiger partial charge in [-0.15, -0.1) is 0 Å². The van der Waals surface area contributed by atoms with Crippen LogP contribution in [0.1, 0.15) is 99.8 Å². The van der Waals surface area contributed by atoms with E-state index in [-0.39, 0.29) is 11.4 Å². The molecule has 0 unspecified atom stereocenters. The van der Waals surface area contributed by atoms with Gasteiger partial charge in [0.1, 0.15) is 0 Å². The number of carbonyl (C=O) groups is 1. The quantitative estimate of drug-likeness (QED) is 0.649. The Morgan fingerprint density at radius 2 is 1.76 bits per heavy atom. The number of pyridine rings is 1. The molecule has 3 fully saturated rings. The molecule has 1 amide bonds. The molecule has 0 radical (unpaired) electrons. The van der Waals surface area contributed by atoms with Crippen molar-refractivity contribution in [3.05, 3.63) is 23.0 Å². The minimum atomic E-state index is -0.176. The summed E-state index contributed by atoms with van der Waals surface area (Å²) in [5.41, 5.74) is 3.50.